The first kappa shape index (κ1) is 15.1. The number of amides is 1. The van der Waals surface area contributed by atoms with Crippen molar-refractivity contribution >= 4 is 22.9 Å². The summed E-state index contributed by atoms with van der Waals surface area (Å²) in [4.78, 5) is 13.9. The Morgan fingerprint density at radius 3 is 2.82 bits per heavy atom. The maximum atomic E-state index is 12.5. The number of carbonyl (C=O) groups excluding carboxylic acids is 1. The van der Waals surface area contributed by atoms with Crippen molar-refractivity contribution in [2.75, 3.05) is 12.4 Å². The number of ether oxygens (including phenoxy) is 1. The van der Waals surface area contributed by atoms with Crippen molar-refractivity contribution in [2.24, 2.45) is 5.92 Å². The van der Waals surface area contributed by atoms with Gasteiger partial charge in [-0.3, -0.25) is 4.79 Å². The largest absolute Gasteiger partial charge is 0.497 e. The van der Waals surface area contributed by atoms with Crippen molar-refractivity contribution in [1.82, 2.24) is 0 Å². The molecule has 0 bridgehead atoms. The van der Waals surface area contributed by atoms with Crippen LogP contribution in [0.3, 0.4) is 0 Å². The number of hydrogen-bond donors (Lipinski definition) is 1. The molecule has 3 nitrogen and oxygen atoms in total. The molecule has 0 radical (unpaired) electrons. The third kappa shape index (κ3) is 3.02. The highest BCUT2D eigenvalue weighted by molar-refractivity contribution is 7.10. The van der Waals surface area contributed by atoms with Crippen LogP contribution in [-0.2, 0) is 12.8 Å². The first-order chi connectivity index (χ1) is 10.7. The third-order valence-electron chi connectivity index (χ3n) is 4.43. The van der Waals surface area contributed by atoms with Gasteiger partial charge < -0.3 is 10.1 Å². The van der Waals surface area contributed by atoms with Crippen LogP contribution in [0.1, 0.15) is 40.6 Å². The minimum Gasteiger partial charge on any atom is -0.497 e. The molecule has 1 aromatic heterocycles. The molecule has 1 unspecified atom stereocenters. The molecule has 1 aliphatic carbocycles. The van der Waals surface area contributed by atoms with Crippen molar-refractivity contribution in [3.05, 3.63) is 45.6 Å². The summed E-state index contributed by atoms with van der Waals surface area (Å²) in [7, 11) is 1.63. The fraction of sp³-hybridized carbons (Fsp3) is 0.389. The summed E-state index contributed by atoms with van der Waals surface area (Å²) in [5.74, 6) is 1.57. The molecule has 2 aromatic rings. The van der Waals surface area contributed by atoms with Gasteiger partial charge >= 0.3 is 0 Å². The lowest BCUT2D eigenvalue weighted by Crippen LogP contribution is -2.17. The summed E-state index contributed by atoms with van der Waals surface area (Å²) >= 11 is 1.74. The molecule has 1 aliphatic rings. The van der Waals surface area contributed by atoms with Crippen molar-refractivity contribution in [3.63, 3.8) is 0 Å². The van der Waals surface area contributed by atoms with E-state index < -0.39 is 0 Å². The average molecular weight is 315 g/mol. The fourth-order valence-corrected chi connectivity index (χ4v) is 4.19. The van der Waals surface area contributed by atoms with Crippen LogP contribution in [0.2, 0.25) is 0 Å². The standard InChI is InChI=1S/C18H21NO2S/c1-3-12-4-9-15-16(11-22-17(15)10-12)18(20)19-13-5-7-14(21-2)8-6-13/h5-8,11-12H,3-4,9-10H2,1-2H3,(H,19,20). The van der Waals surface area contributed by atoms with E-state index in [0.717, 1.165) is 35.8 Å². The van der Waals surface area contributed by atoms with Gasteiger partial charge in [0.15, 0.2) is 0 Å². The maximum absolute atomic E-state index is 12.5. The molecule has 116 valence electrons. The van der Waals surface area contributed by atoms with Gasteiger partial charge in [0.05, 0.1) is 12.7 Å². The minimum atomic E-state index is -0.00221. The van der Waals surface area contributed by atoms with Gasteiger partial charge in [0.1, 0.15) is 5.75 Å². The number of nitrogens with one attached hydrogen (secondary N) is 1. The zero-order chi connectivity index (χ0) is 15.5. The molecule has 3 rings (SSSR count). The van der Waals surface area contributed by atoms with Gasteiger partial charge in [0.2, 0.25) is 0 Å². The summed E-state index contributed by atoms with van der Waals surface area (Å²) in [6.45, 7) is 2.25. The van der Waals surface area contributed by atoms with Crippen LogP contribution in [0.4, 0.5) is 5.69 Å². The summed E-state index contributed by atoms with van der Waals surface area (Å²) in [5, 5.41) is 5.00. The number of anilines is 1. The van der Waals surface area contributed by atoms with E-state index in [1.165, 1.54) is 23.3 Å². The van der Waals surface area contributed by atoms with E-state index in [0.29, 0.717) is 0 Å². The van der Waals surface area contributed by atoms with Gasteiger partial charge in [-0.25, -0.2) is 0 Å². The molecule has 0 spiro atoms. The van der Waals surface area contributed by atoms with E-state index in [4.69, 9.17) is 4.74 Å². The zero-order valence-corrected chi connectivity index (χ0v) is 13.8. The average Bonchev–Trinajstić information content (AvgIpc) is 2.98. The molecule has 4 heteroatoms. The SMILES string of the molecule is CCC1CCc2c(C(=O)Nc3ccc(OC)cc3)csc2C1. The molecule has 1 aromatic carbocycles. The van der Waals surface area contributed by atoms with Crippen LogP contribution >= 0.6 is 11.3 Å². The maximum Gasteiger partial charge on any atom is 0.256 e. The molecule has 0 fully saturated rings. The van der Waals surface area contributed by atoms with E-state index in [9.17, 15) is 4.79 Å². The van der Waals surface area contributed by atoms with Crippen LogP contribution in [0.15, 0.2) is 29.6 Å². The molecule has 1 atom stereocenters. The molecule has 1 amide bonds. The Morgan fingerprint density at radius 2 is 2.14 bits per heavy atom. The first-order valence-corrected chi connectivity index (χ1v) is 8.63. The van der Waals surface area contributed by atoms with Gasteiger partial charge in [-0.2, -0.15) is 0 Å². The van der Waals surface area contributed by atoms with Crippen LogP contribution in [-0.4, -0.2) is 13.0 Å². The number of thiophene rings is 1. The van der Waals surface area contributed by atoms with Crippen molar-refractivity contribution in [3.8, 4) is 5.75 Å². The van der Waals surface area contributed by atoms with Crippen LogP contribution in [0.25, 0.3) is 0 Å². The second-order valence-electron chi connectivity index (χ2n) is 5.75. The van der Waals surface area contributed by atoms with E-state index >= 15 is 0 Å². The second kappa shape index (κ2) is 6.53. The van der Waals surface area contributed by atoms with Crippen LogP contribution < -0.4 is 10.1 Å². The lowest BCUT2D eigenvalue weighted by atomic mass is 9.86. The number of fused-ring (bicyclic) bond motifs is 1. The monoisotopic (exact) mass is 315 g/mol. The van der Waals surface area contributed by atoms with E-state index in [2.05, 4.69) is 12.2 Å². The molecule has 0 aliphatic heterocycles. The minimum absolute atomic E-state index is 0.00221. The van der Waals surface area contributed by atoms with E-state index in [1.807, 2.05) is 29.6 Å². The Kier molecular flexibility index (Phi) is 4.48. The Morgan fingerprint density at radius 1 is 1.36 bits per heavy atom. The number of rotatable bonds is 4. The molecule has 1 N–H and O–H groups in total. The lowest BCUT2D eigenvalue weighted by Gasteiger charge is -2.21. The molecule has 1 heterocycles. The highest BCUT2D eigenvalue weighted by Gasteiger charge is 2.24. The van der Waals surface area contributed by atoms with Gasteiger partial charge in [-0.15, -0.1) is 11.3 Å². The van der Waals surface area contributed by atoms with Gasteiger partial charge in [0, 0.05) is 15.9 Å². The van der Waals surface area contributed by atoms with Gasteiger partial charge in [-0.1, -0.05) is 13.3 Å². The van der Waals surface area contributed by atoms with E-state index in [1.54, 1.807) is 18.4 Å². The smallest absolute Gasteiger partial charge is 0.256 e. The van der Waals surface area contributed by atoms with Crippen molar-refractivity contribution in [1.29, 1.82) is 0 Å². The van der Waals surface area contributed by atoms with Crippen molar-refractivity contribution in [2.45, 2.75) is 32.6 Å². The predicted octanol–water partition coefficient (Wildman–Crippen LogP) is 4.52. The summed E-state index contributed by atoms with van der Waals surface area (Å²) < 4.78 is 5.13. The Balaban J connectivity index is 1.74. The first-order valence-electron chi connectivity index (χ1n) is 7.76. The van der Waals surface area contributed by atoms with Gasteiger partial charge in [-0.05, 0) is 55.0 Å². The normalized spacial score (nSPS) is 16.9. The highest BCUT2D eigenvalue weighted by Crippen LogP contribution is 2.34. The van der Waals surface area contributed by atoms with E-state index in [-0.39, 0.29) is 5.91 Å². The number of hydrogen-bond acceptors (Lipinski definition) is 3. The summed E-state index contributed by atoms with van der Waals surface area (Å²) in [6.07, 6.45) is 4.59. The molecular weight excluding hydrogens is 294 g/mol. The predicted molar refractivity (Wildman–Crippen MR) is 91.1 cm³/mol. The summed E-state index contributed by atoms with van der Waals surface area (Å²) in [5.41, 5.74) is 2.92. The summed E-state index contributed by atoms with van der Waals surface area (Å²) in [6, 6.07) is 7.43. The fourth-order valence-electron chi connectivity index (χ4n) is 2.99. The molecule has 0 saturated carbocycles. The zero-order valence-electron chi connectivity index (χ0n) is 13.0. The highest BCUT2D eigenvalue weighted by atomic mass is 32.1. The van der Waals surface area contributed by atoms with Crippen molar-refractivity contribution < 1.29 is 9.53 Å². The number of carbonyl (C=O) groups is 1. The Hall–Kier alpha value is -1.81. The van der Waals surface area contributed by atoms with Crippen LogP contribution in [0, 0.1) is 5.92 Å². The quantitative estimate of drug-likeness (QED) is 0.900. The Bertz CT molecular complexity index is 660. The third-order valence-corrected chi connectivity index (χ3v) is 5.48. The second-order valence-corrected chi connectivity index (χ2v) is 6.72. The topological polar surface area (TPSA) is 38.3 Å². The molecular formula is C18H21NO2S. The molecule has 22 heavy (non-hydrogen) atoms. The number of benzene rings is 1. The van der Waals surface area contributed by atoms with Crippen LogP contribution in [0.5, 0.6) is 5.75 Å². The lowest BCUT2D eigenvalue weighted by molar-refractivity contribution is 0.102. The molecule has 0 saturated heterocycles. The van der Waals surface area contributed by atoms with Gasteiger partial charge in [0.25, 0.3) is 5.91 Å². The number of methoxy groups -OCH3 is 1. The Labute approximate surface area is 135 Å².